The van der Waals surface area contributed by atoms with Crippen LogP contribution in [0.1, 0.15) is 72.6 Å². The van der Waals surface area contributed by atoms with Crippen LogP contribution >= 0.6 is 12.2 Å². The number of nitrogens with zero attached hydrogens (tertiary/aromatic N) is 1. The summed E-state index contributed by atoms with van der Waals surface area (Å²) in [5, 5.41) is 3.26. The Morgan fingerprint density at radius 3 is 2.52 bits per heavy atom. The SMILES string of the molecule is CCCCCC1CC(=O)N(CCCCNC(=S)C(C)(C)C)C1=O. The van der Waals surface area contributed by atoms with E-state index < -0.39 is 0 Å². The van der Waals surface area contributed by atoms with E-state index in [9.17, 15) is 9.59 Å². The van der Waals surface area contributed by atoms with Gasteiger partial charge in [0.05, 0.1) is 4.99 Å². The Morgan fingerprint density at radius 2 is 1.91 bits per heavy atom. The zero-order valence-corrected chi connectivity index (χ0v) is 15.9. The highest BCUT2D eigenvalue weighted by atomic mass is 32.1. The van der Waals surface area contributed by atoms with Crippen molar-refractivity contribution in [3.05, 3.63) is 0 Å². The molecule has 0 aromatic rings. The minimum atomic E-state index is -0.0688. The average molecular weight is 341 g/mol. The standard InChI is InChI=1S/C18H32N2O2S/c1-5-6-7-10-14-13-15(21)20(16(14)22)12-9-8-11-19-17(23)18(2,3)4/h14H,5-13H2,1-4H3,(H,19,23). The van der Waals surface area contributed by atoms with Gasteiger partial charge in [0, 0.05) is 30.8 Å². The Labute approximate surface area is 146 Å². The normalized spacial score (nSPS) is 18.6. The lowest BCUT2D eigenvalue weighted by Gasteiger charge is -2.21. The van der Waals surface area contributed by atoms with Crippen molar-refractivity contribution >= 4 is 29.0 Å². The fourth-order valence-electron chi connectivity index (χ4n) is 2.71. The Kier molecular flexibility index (Phi) is 8.17. The Balaban J connectivity index is 2.25. The van der Waals surface area contributed by atoms with Gasteiger partial charge in [0.15, 0.2) is 0 Å². The molecule has 0 saturated carbocycles. The summed E-state index contributed by atoms with van der Waals surface area (Å²) in [5.41, 5.74) is -0.0120. The second kappa shape index (κ2) is 9.36. The number of rotatable bonds is 9. The molecule has 1 saturated heterocycles. The monoisotopic (exact) mass is 340 g/mol. The zero-order valence-electron chi connectivity index (χ0n) is 15.1. The van der Waals surface area contributed by atoms with E-state index in [1.807, 2.05) is 0 Å². The van der Waals surface area contributed by atoms with E-state index in [4.69, 9.17) is 12.2 Å². The van der Waals surface area contributed by atoms with Crippen LogP contribution in [0.2, 0.25) is 0 Å². The molecule has 5 heteroatoms. The summed E-state index contributed by atoms with van der Waals surface area (Å²) in [4.78, 5) is 26.6. The van der Waals surface area contributed by atoms with Crippen molar-refractivity contribution in [1.82, 2.24) is 10.2 Å². The number of hydrogen-bond acceptors (Lipinski definition) is 3. The summed E-state index contributed by atoms with van der Waals surface area (Å²) >= 11 is 5.32. The average Bonchev–Trinajstić information content (AvgIpc) is 2.73. The third kappa shape index (κ3) is 6.58. The minimum Gasteiger partial charge on any atom is -0.379 e. The summed E-state index contributed by atoms with van der Waals surface area (Å²) in [6, 6.07) is 0. The molecule has 2 amide bonds. The van der Waals surface area contributed by atoms with E-state index in [2.05, 4.69) is 33.0 Å². The van der Waals surface area contributed by atoms with Gasteiger partial charge >= 0.3 is 0 Å². The maximum absolute atomic E-state index is 12.3. The number of thiocarbonyl (C=S) groups is 1. The van der Waals surface area contributed by atoms with Crippen LogP contribution in [-0.2, 0) is 9.59 Å². The van der Waals surface area contributed by atoms with Crippen LogP contribution in [0.25, 0.3) is 0 Å². The molecule has 23 heavy (non-hydrogen) atoms. The molecule has 1 atom stereocenters. The van der Waals surface area contributed by atoms with Crippen molar-refractivity contribution in [2.45, 2.75) is 72.6 Å². The molecule has 1 aliphatic heterocycles. The lowest BCUT2D eigenvalue weighted by atomic mass is 9.97. The predicted molar refractivity (Wildman–Crippen MR) is 98.3 cm³/mol. The van der Waals surface area contributed by atoms with Crippen molar-refractivity contribution in [1.29, 1.82) is 0 Å². The first-order valence-corrected chi connectivity index (χ1v) is 9.30. The number of unbranched alkanes of at least 4 members (excludes halogenated alkanes) is 3. The van der Waals surface area contributed by atoms with Gasteiger partial charge in [-0.15, -0.1) is 0 Å². The number of hydrogen-bond donors (Lipinski definition) is 1. The molecule has 4 nitrogen and oxygen atoms in total. The van der Waals surface area contributed by atoms with Crippen LogP contribution in [0.5, 0.6) is 0 Å². The van der Waals surface area contributed by atoms with Gasteiger partial charge in [-0.2, -0.15) is 0 Å². The zero-order chi connectivity index (χ0) is 17.5. The largest absolute Gasteiger partial charge is 0.379 e. The van der Waals surface area contributed by atoms with Gasteiger partial charge in [0.1, 0.15) is 0 Å². The lowest BCUT2D eigenvalue weighted by Crippen LogP contribution is -2.35. The van der Waals surface area contributed by atoms with Gasteiger partial charge in [0.2, 0.25) is 11.8 Å². The molecular formula is C18H32N2O2S. The summed E-state index contributed by atoms with van der Waals surface area (Å²) in [6.45, 7) is 9.75. The lowest BCUT2D eigenvalue weighted by molar-refractivity contribution is -0.139. The minimum absolute atomic E-state index is 0.00895. The van der Waals surface area contributed by atoms with Crippen LogP contribution in [-0.4, -0.2) is 34.8 Å². The van der Waals surface area contributed by atoms with Crippen LogP contribution in [0.4, 0.5) is 0 Å². The van der Waals surface area contributed by atoms with Gasteiger partial charge < -0.3 is 5.32 Å². The first-order valence-electron chi connectivity index (χ1n) is 8.90. The molecular weight excluding hydrogens is 308 g/mol. The smallest absolute Gasteiger partial charge is 0.232 e. The van der Waals surface area contributed by atoms with Crippen molar-refractivity contribution < 1.29 is 9.59 Å². The Hall–Kier alpha value is -0.970. The number of amides is 2. The molecule has 1 rings (SSSR count). The van der Waals surface area contributed by atoms with E-state index in [0.29, 0.717) is 13.0 Å². The number of likely N-dealkylation sites (tertiary alicyclic amines) is 1. The highest BCUT2D eigenvalue weighted by molar-refractivity contribution is 7.80. The van der Waals surface area contributed by atoms with Gasteiger partial charge in [-0.25, -0.2) is 0 Å². The van der Waals surface area contributed by atoms with E-state index in [1.165, 1.54) is 4.90 Å². The summed E-state index contributed by atoms with van der Waals surface area (Å²) < 4.78 is 0. The molecule has 1 fully saturated rings. The number of imide groups is 1. The van der Waals surface area contributed by atoms with Gasteiger partial charge in [0.25, 0.3) is 0 Å². The second-order valence-corrected chi connectivity index (χ2v) is 7.90. The fraction of sp³-hybridized carbons (Fsp3) is 0.833. The number of carbonyl (C=O) groups excluding carboxylic acids is 2. The number of nitrogens with one attached hydrogen (secondary N) is 1. The van der Waals surface area contributed by atoms with Crippen LogP contribution in [0, 0.1) is 11.3 Å². The quantitative estimate of drug-likeness (QED) is 0.395. The number of carbonyl (C=O) groups is 2. The van der Waals surface area contributed by atoms with Crippen LogP contribution in [0.15, 0.2) is 0 Å². The molecule has 0 spiro atoms. The first kappa shape index (κ1) is 20.1. The maximum Gasteiger partial charge on any atom is 0.232 e. The molecule has 132 valence electrons. The van der Waals surface area contributed by atoms with E-state index in [0.717, 1.165) is 50.1 Å². The Bertz CT molecular complexity index is 429. The maximum atomic E-state index is 12.3. The highest BCUT2D eigenvalue weighted by Crippen LogP contribution is 2.25. The van der Waals surface area contributed by atoms with Crippen LogP contribution < -0.4 is 5.32 Å². The van der Waals surface area contributed by atoms with Crippen molar-refractivity contribution in [2.75, 3.05) is 13.1 Å². The molecule has 1 N–H and O–H groups in total. The van der Waals surface area contributed by atoms with Gasteiger partial charge in [-0.3, -0.25) is 14.5 Å². The molecule has 0 radical (unpaired) electrons. The third-order valence-electron chi connectivity index (χ3n) is 4.27. The van der Waals surface area contributed by atoms with Crippen molar-refractivity contribution in [2.24, 2.45) is 11.3 Å². The van der Waals surface area contributed by atoms with E-state index >= 15 is 0 Å². The van der Waals surface area contributed by atoms with Crippen molar-refractivity contribution in [3.8, 4) is 0 Å². The molecule has 0 aliphatic carbocycles. The molecule has 1 aliphatic rings. The third-order valence-corrected chi connectivity index (χ3v) is 5.03. The Morgan fingerprint density at radius 1 is 1.22 bits per heavy atom. The van der Waals surface area contributed by atoms with E-state index in [-0.39, 0.29) is 23.1 Å². The molecule has 1 heterocycles. The summed E-state index contributed by atoms with van der Waals surface area (Å²) in [5.74, 6) is -0.0143. The highest BCUT2D eigenvalue weighted by Gasteiger charge is 2.37. The summed E-state index contributed by atoms with van der Waals surface area (Å²) in [6.07, 6.45) is 6.33. The summed E-state index contributed by atoms with van der Waals surface area (Å²) in [7, 11) is 0. The topological polar surface area (TPSA) is 49.4 Å². The molecule has 0 bridgehead atoms. The molecule has 1 unspecified atom stereocenters. The first-order chi connectivity index (χ1) is 10.8. The van der Waals surface area contributed by atoms with Gasteiger partial charge in [-0.1, -0.05) is 59.2 Å². The fourth-order valence-corrected chi connectivity index (χ4v) is 2.82. The molecule has 0 aromatic heterocycles. The second-order valence-electron chi connectivity index (χ2n) is 7.49. The van der Waals surface area contributed by atoms with Crippen LogP contribution in [0.3, 0.4) is 0 Å². The van der Waals surface area contributed by atoms with Gasteiger partial charge in [-0.05, 0) is 19.3 Å². The van der Waals surface area contributed by atoms with Crippen molar-refractivity contribution in [3.63, 3.8) is 0 Å². The predicted octanol–water partition coefficient (Wildman–Crippen LogP) is 3.69. The van der Waals surface area contributed by atoms with E-state index in [1.54, 1.807) is 0 Å². The molecule has 0 aromatic carbocycles.